The van der Waals surface area contributed by atoms with Gasteiger partial charge in [0.1, 0.15) is 5.82 Å². The van der Waals surface area contributed by atoms with E-state index in [2.05, 4.69) is 15.3 Å². The van der Waals surface area contributed by atoms with E-state index < -0.39 is 0 Å². The smallest absolute Gasteiger partial charge is 0.201 e. The van der Waals surface area contributed by atoms with Crippen molar-refractivity contribution in [2.45, 2.75) is 25.4 Å². The van der Waals surface area contributed by atoms with Gasteiger partial charge in [0.2, 0.25) is 5.95 Å². The normalized spacial score (nSPS) is 23.7. The molecule has 1 aromatic heterocycles. The average Bonchev–Trinajstić information content (AvgIpc) is 2.92. The van der Waals surface area contributed by atoms with Crippen LogP contribution >= 0.6 is 0 Å². The fourth-order valence-electron chi connectivity index (χ4n) is 2.55. The van der Waals surface area contributed by atoms with E-state index in [1.54, 1.807) is 6.07 Å². The zero-order valence-electron chi connectivity index (χ0n) is 9.99. The minimum atomic E-state index is -0.274. The topological polar surface area (TPSA) is 60.9 Å². The van der Waals surface area contributed by atoms with E-state index >= 15 is 0 Å². The highest BCUT2D eigenvalue weighted by Gasteiger charge is 2.24. The number of benzene rings is 1. The minimum absolute atomic E-state index is 0.209. The summed E-state index contributed by atoms with van der Waals surface area (Å²) >= 11 is 0. The van der Waals surface area contributed by atoms with Gasteiger partial charge >= 0.3 is 0 Å². The highest BCUT2D eigenvalue weighted by Crippen LogP contribution is 2.25. The summed E-state index contributed by atoms with van der Waals surface area (Å²) in [6.45, 7) is 0.698. The Hall–Kier alpha value is -1.62. The molecule has 0 radical (unpaired) electrons. The Morgan fingerprint density at radius 3 is 3.11 bits per heavy atom. The van der Waals surface area contributed by atoms with E-state index in [9.17, 15) is 9.50 Å². The van der Waals surface area contributed by atoms with Crippen molar-refractivity contribution in [3.8, 4) is 0 Å². The number of aromatic amines is 1. The van der Waals surface area contributed by atoms with Crippen LogP contribution in [0.5, 0.6) is 0 Å². The van der Waals surface area contributed by atoms with Crippen molar-refractivity contribution in [1.82, 2.24) is 9.97 Å². The summed E-state index contributed by atoms with van der Waals surface area (Å²) in [5.41, 5.74) is 1.43. The number of H-pyrrole nitrogens is 1. The molecule has 0 saturated heterocycles. The van der Waals surface area contributed by atoms with E-state index in [1.165, 1.54) is 12.1 Å². The Bertz CT molecular complexity index is 554. The number of rotatable bonds is 3. The number of anilines is 1. The lowest BCUT2D eigenvalue weighted by Crippen LogP contribution is -2.22. The second kappa shape index (κ2) is 4.57. The fraction of sp³-hybridized carbons (Fsp3) is 0.462. The van der Waals surface area contributed by atoms with Gasteiger partial charge in [0.25, 0.3) is 0 Å². The zero-order chi connectivity index (χ0) is 12.5. The first-order valence-corrected chi connectivity index (χ1v) is 6.29. The molecular formula is C13H16FN3O. The summed E-state index contributed by atoms with van der Waals surface area (Å²) < 4.78 is 13.0. The second-order valence-corrected chi connectivity index (χ2v) is 4.89. The van der Waals surface area contributed by atoms with Crippen LogP contribution in [0.2, 0.25) is 0 Å². The number of aliphatic hydroxyl groups is 1. The van der Waals surface area contributed by atoms with E-state index in [0.29, 0.717) is 18.0 Å². The molecule has 1 fully saturated rings. The van der Waals surface area contributed by atoms with Crippen molar-refractivity contribution in [3.05, 3.63) is 24.0 Å². The molecule has 2 aromatic rings. The highest BCUT2D eigenvalue weighted by atomic mass is 19.1. The van der Waals surface area contributed by atoms with Crippen molar-refractivity contribution in [2.24, 2.45) is 5.92 Å². The molecular weight excluding hydrogens is 233 g/mol. The molecule has 5 heteroatoms. The second-order valence-electron chi connectivity index (χ2n) is 4.89. The van der Waals surface area contributed by atoms with Crippen molar-refractivity contribution >= 4 is 17.0 Å². The van der Waals surface area contributed by atoms with Gasteiger partial charge in [0.05, 0.1) is 17.1 Å². The summed E-state index contributed by atoms with van der Waals surface area (Å²) in [7, 11) is 0. The Balaban J connectivity index is 1.71. The van der Waals surface area contributed by atoms with E-state index in [1.807, 2.05) is 0 Å². The quantitative estimate of drug-likeness (QED) is 0.782. The molecule has 96 valence electrons. The van der Waals surface area contributed by atoms with Crippen LogP contribution in [0.3, 0.4) is 0 Å². The predicted octanol–water partition coefficient (Wildman–Crippen LogP) is 2.27. The number of hydrogen-bond donors (Lipinski definition) is 3. The van der Waals surface area contributed by atoms with Gasteiger partial charge in [0.15, 0.2) is 0 Å². The molecule has 3 N–H and O–H groups in total. The average molecular weight is 249 g/mol. The Kier molecular flexibility index (Phi) is 2.91. The summed E-state index contributed by atoms with van der Waals surface area (Å²) in [5.74, 6) is 0.647. The van der Waals surface area contributed by atoms with Gasteiger partial charge < -0.3 is 15.4 Å². The van der Waals surface area contributed by atoms with Crippen LogP contribution in [0.4, 0.5) is 10.3 Å². The first-order chi connectivity index (χ1) is 8.72. The summed E-state index contributed by atoms with van der Waals surface area (Å²) in [5, 5.41) is 12.9. The zero-order valence-corrected chi connectivity index (χ0v) is 9.99. The summed E-state index contributed by atoms with van der Waals surface area (Å²) in [4.78, 5) is 7.36. The highest BCUT2D eigenvalue weighted by molar-refractivity contribution is 5.77. The molecule has 1 saturated carbocycles. The van der Waals surface area contributed by atoms with Gasteiger partial charge in [-0.05, 0) is 31.0 Å². The largest absolute Gasteiger partial charge is 0.393 e. The van der Waals surface area contributed by atoms with Crippen LogP contribution in [0, 0.1) is 11.7 Å². The third kappa shape index (κ3) is 2.18. The first-order valence-electron chi connectivity index (χ1n) is 6.29. The van der Waals surface area contributed by atoms with Crippen molar-refractivity contribution in [3.63, 3.8) is 0 Å². The monoisotopic (exact) mass is 249 g/mol. The summed E-state index contributed by atoms with van der Waals surface area (Å²) in [6, 6.07) is 4.47. The molecule has 0 bridgehead atoms. The third-order valence-electron chi connectivity index (χ3n) is 3.59. The van der Waals surface area contributed by atoms with Gasteiger partial charge in [-0.15, -0.1) is 0 Å². The van der Waals surface area contributed by atoms with E-state index in [-0.39, 0.29) is 17.8 Å². The van der Waals surface area contributed by atoms with Gasteiger partial charge in [-0.1, -0.05) is 6.42 Å². The van der Waals surface area contributed by atoms with Crippen molar-refractivity contribution in [1.29, 1.82) is 0 Å². The molecule has 0 amide bonds. The minimum Gasteiger partial charge on any atom is -0.393 e. The van der Waals surface area contributed by atoms with Crippen LogP contribution < -0.4 is 5.32 Å². The van der Waals surface area contributed by atoms with Crippen molar-refractivity contribution in [2.75, 3.05) is 11.9 Å². The van der Waals surface area contributed by atoms with Gasteiger partial charge in [0, 0.05) is 12.5 Å². The number of nitrogens with one attached hydrogen (secondary N) is 2. The SMILES string of the molecule is OC1CCCC1CNc1nc2ccc(F)cc2[nH]1. The van der Waals surface area contributed by atoms with Crippen LogP contribution in [0.1, 0.15) is 19.3 Å². The number of nitrogens with zero attached hydrogens (tertiary/aromatic N) is 1. The number of fused-ring (bicyclic) bond motifs is 1. The number of hydrogen-bond acceptors (Lipinski definition) is 3. The molecule has 1 aliphatic carbocycles. The predicted molar refractivity (Wildman–Crippen MR) is 67.9 cm³/mol. The Morgan fingerprint density at radius 1 is 1.44 bits per heavy atom. The van der Waals surface area contributed by atoms with Crippen LogP contribution in [0.25, 0.3) is 11.0 Å². The molecule has 0 aliphatic heterocycles. The maximum atomic E-state index is 13.0. The van der Waals surface area contributed by atoms with Gasteiger partial charge in [-0.3, -0.25) is 0 Å². The molecule has 1 heterocycles. The van der Waals surface area contributed by atoms with Crippen LogP contribution in [0.15, 0.2) is 18.2 Å². The van der Waals surface area contributed by atoms with E-state index in [4.69, 9.17) is 0 Å². The molecule has 3 rings (SSSR count). The molecule has 2 unspecified atom stereocenters. The number of halogens is 1. The lowest BCUT2D eigenvalue weighted by molar-refractivity contribution is 0.138. The van der Waals surface area contributed by atoms with Gasteiger partial charge in [-0.25, -0.2) is 9.37 Å². The number of aromatic nitrogens is 2. The first kappa shape index (κ1) is 11.5. The molecule has 2 atom stereocenters. The molecule has 1 aromatic carbocycles. The maximum Gasteiger partial charge on any atom is 0.201 e. The maximum absolute atomic E-state index is 13.0. The lowest BCUT2D eigenvalue weighted by atomic mass is 10.1. The molecule has 4 nitrogen and oxygen atoms in total. The molecule has 1 aliphatic rings. The lowest BCUT2D eigenvalue weighted by Gasteiger charge is -2.14. The standard InChI is InChI=1S/C13H16FN3O/c14-9-4-5-10-11(6-9)17-13(16-10)15-7-8-2-1-3-12(8)18/h4-6,8,12,18H,1-3,7H2,(H2,15,16,17). The fourth-order valence-corrected chi connectivity index (χ4v) is 2.55. The Morgan fingerprint density at radius 2 is 2.33 bits per heavy atom. The van der Waals surface area contributed by atoms with Crippen LogP contribution in [-0.4, -0.2) is 27.7 Å². The molecule has 18 heavy (non-hydrogen) atoms. The van der Waals surface area contributed by atoms with Crippen LogP contribution in [-0.2, 0) is 0 Å². The number of imidazole rings is 1. The third-order valence-corrected chi connectivity index (χ3v) is 3.59. The van der Waals surface area contributed by atoms with Gasteiger partial charge in [-0.2, -0.15) is 0 Å². The Labute approximate surface area is 104 Å². The number of aliphatic hydroxyl groups excluding tert-OH is 1. The summed E-state index contributed by atoms with van der Waals surface area (Å²) in [6.07, 6.45) is 2.80. The van der Waals surface area contributed by atoms with E-state index in [0.717, 1.165) is 24.8 Å². The van der Waals surface area contributed by atoms with Crippen molar-refractivity contribution < 1.29 is 9.50 Å². The molecule has 0 spiro atoms.